The van der Waals surface area contributed by atoms with Crippen LogP contribution in [0.2, 0.25) is 0 Å². The predicted molar refractivity (Wildman–Crippen MR) is 83.0 cm³/mol. The number of likely N-dealkylation sites (N-methyl/N-ethyl adjacent to an activating group) is 3. The lowest BCUT2D eigenvalue weighted by Gasteiger charge is -2.41. The van der Waals surface area contributed by atoms with Crippen molar-refractivity contribution in [3.8, 4) is 0 Å². The van der Waals surface area contributed by atoms with Gasteiger partial charge in [0.15, 0.2) is 0 Å². The van der Waals surface area contributed by atoms with Gasteiger partial charge in [-0.2, -0.15) is 0 Å². The fraction of sp³-hybridized carbons (Fsp3) is 0.800. The summed E-state index contributed by atoms with van der Waals surface area (Å²) in [4.78, 5) is 9.46. The Morgan fingerprint density at radius 2 is 2.20 bits per heavy atom. The number of aromatic nitrogens is 2. The lowest BCUT2D eigenvalue weighted by molar-refractivity contribution is 0.0889. The first-order valence-corrected chi connectivity index (χ1v) is 7.71. The van der Waals surface area contributed by atoms with Crippen LogP contribution in [0.3, 0.4) is 0 Å². The van der Waals surface area contributed by atoms with Gasteiger partial charge in [-0.3, -0.25) is 4.90 Å². The van der Waals surface area contributed by atoms with Gasteiger partial charge < -0.3 is 14.8 Å². The summed E-state index contributed by atoms with van der Waals surface area (Å²) in [6.45, 7) is 6.70. The maximum Gasteiger partial charge on any atom is 0.110 e. The number of nitrogens with zero attached hydrogens (tertiary/aromatic N) is 4. The second-order valence-electron chi connectivity index (χ2n) is 5.95. The van der Waals surface area contributed by atoms with Crippen molar-refractivity contribution in [2.24, 2.45) is 0 Å². The minimum absolute atomic E-state index is 0.445. The van der Waals surface area contributed by atoms with Gasteiger partial charge in [0.2, 0.25) is 0 Å². The lowest BCUT2D eigenvalue weighted by atomic mass is 10.0. The van der Waals surface area contributed by atoms with E-state index in [1.54, 1.807) is 0 Å². The fourth-order valence-corrected chi connectivity index (χ4v) is 3.08. The molecule has 0 spiro atoms. The Kier molecular flexibility index (Phi) is 5.57. The van der Waals surface area contributed by atoms with Crippen LogP contribution in [0.5, 0.6) is 0 Å². The van der Waals surface area contributed by atoms with E-state index in [1.807, 2.05) is 6.20 Å². The first-order valence-electron chi connectivity index (χ1n) is 7.71. The summed E-state index contributed by atoms with van der Waals surface area (Å²) >= 11 is 0. The van der Waals surface area contributed by atoms with Gasteiger partial charge in [-0.1, -0.05) is 6.92 Å². The van der Waals surface area contributed by atoms with E-state index in [9.17, 15) is 0 Å². The van der Waals surface area contributed by atoms with Gasteiger partial charge in [-0.05, 0) is 27.6 Å². The van der Waals surface area contributed by atoms with E-state index in [0.29, 0.717) is 12.1 Å². The predicted octanol–water partition coefficient (Wildman–Crippen LogP) is 0.669. The molecule has 0 radical (unpaired) electrons. The molecule has 1 N–H and O–H groups in total. The van der Waals surface area contributed by atoms with Crippen molar-refractivity contribution in [3.05, 3.63) is 18.2 Å². The summed E-state index contributed by atoms with van der Waals surface area (Å²) in [5, 5.41) is 3.51. The van der Waals surface area contributed by atoms with Crippen LogP contribution in [0.1, 0.15) is 19.2 Å². The highest BCUT2D eigenvalue weighted by Gasteiger charge is 2.29. The summed E-state index contributed by atoms with van der Waals surface area (Å²) < 4.78 is 2.29. The molecule has 20 heavy (non-hydrogen) atoms. The molecule has 114 valence electrons. The maximum atomic E-state index is 4.55. The lowest BCUT2D eigenvalue weighted by Crippen LogP contribution is -2.58. The van der Waals surface area contributed by atoms with Crippen molar-refractivity contribution in [3.63, 3.8) is 0 Å². The highest BCUT2D eigenvalue weighted by molar-refractivity contribution is 5.00. The van der Waals surface area contributed by atoms with Gasteiger partial charge in [0, 0.05) is 57.1 Å². The van der Waals surface area contributed by atoms with Crippen molar-refractivity contribution < 1.29 is 0 Å². The number of piperazine rings is 1. The Balaban J connectivity index is 2.05. The van der Waals surface area contributed by atoms with Crippen LogP contribution in [0, 0.1) is 0 Å². The Hall–Kier alpha value is -0.910. The van der Waals surface area contributed by atoms with Crippen LogP contribution < -0.4 is 5.32 Å². The van der Waals surface area contributed by atoms with Crippen LogP contribution in [0.4, 0.5) is 0 Å². The Bertz CT molecular complexity index is 403. The van der Waals surface area contributed by atoms with Gasteiger partial charge in [-0.25, -0.2) is 4.98 Å². The van der Waals surface area contributed by atoms with Crippen molar-refractivity contribution in [2.45, 2.75) is 38.4 Å². The highest BCUT2D eigenvalue weighted by atomic mass is 15.3. The zero-order chi connectivity index (χ0) is 14.5. The Labute approximate surface area is 123 Å². The summed E-state index contributed by atoms with van der Waals surface area (Å²) in [5.41, 5.74) is 0. The number of rotatable bonds is 6. The van der Waals surface area contributed by atoms with Gasteiger partial charge in [-0.15, -0.1) is 0 Å². The standard InChI is InChI=1S/C15H29N5/c1-5-7-20-8-6-17-15(20)11-13(16-2)14-12-18(3)9-10-19(14)4/h6,8,13-14,16H,5,7,9-12H2,1-4H3. The Morgan fingerprint density at radius 1 is 1.40 bits per heavy atom. The summed E-state index contributed by atoms with van der Waals surface area (Å²) in [7, 11) is 6.52. The van der Waals surface area contributed by atoms with E-state index in [4.69, 9.17) is 0 Å². The summed E-state index contributed by atoms with van der Waals surface area (Å²) in [6.07, 6.45) is 6.17. The molecule has 1 saturated heterocycles. The first kappa shape index (κ1) is 15.5. The van der Waals surface area contributed by atoms with Gasteiger partial charge in [0.05, 0.1) is 0 Å². The zero-order valence-corrected chi connectivity index (χ0v) is 13.3. The van der Waals surface area contributed by atoms with Crippen LogP contribution >= 0.6 is 0 Å². The SMILES string of the molecule is CCCn1ccnc1CC(NC)C1CN(C)CCN1C. The third-order valence-electron chi connectivity index (χ3n) is 4.40. The third kappa shape index (κ3) is 3.59. The van der Waals surface area contributed by atoms with E-state index in [1.165, 1.54) is 5.82 Å². The Morgan fingerprint density at radius 3 is 2.90 bits per heavy atom. The molecule has 0 aliphatic carbocycles. The van der Waals surface area contributed by atoms with Crippen molar-refractivity contribution >= 4 is 0 Å². The molecule has 1 aliphatic rings. The molecule has 2 atom stereocenters. The molecule has 1 aromatic rings. The molecule has 1 aromatic heterocycles. The number of hydrogen-bond acceptors (Lipinski definition) is 4. The quantitative estimate of drug-likeness (QED) is 0.830. The van der Waals surface area contributed by atoms with E-state index in [0.717, 1.165) is 39.0 Å². The fourth-order valence-electron chi connectivity index (χ4n) is 3.08. The monoisotopic (exact) mass is 279 g/mol. The van der Waals surface area contributed by atoms with Crippen LogP contribution in [-0.2, 0) is 13.0 Å². The average molecular weight is 279 g/mol. The smallest absolute Gasteiger partial charge is 0.110 e. The van der Waals surface area contributed by atoms with Crippen molar-refractivity contribution in [2.75, 3.05) is 40.8 Å². The average Bonchev–Trinajstić information content (AvgIpc) is 2.87. The van der Waals surface area contributed by atoms with Crippen LogP contribution in [-0.4, -0.2) is 72.2 Å². The molecule has 0 aromatic carbocycles. The third-order valence-corrected chi connectivity index (χ3v) is 4.40. The molecule has 2 heterocycles. The van der Waals surface area contributed by atoms with Crippen molar-refractivity contribution in [1.29, 1.82) is 0 Å². The first-order chi connectivity index (χ1) is 9.65. The molecule has 2 rings (SSSR count). The molecule has 0 amide bonds. The molecule has 5 heteroatoms. The summed E-state index contributed by atoms with van der Waals surface area (Å²) in [5.74, 6) is 1.20. The van der Waals surface area contributed by atoms with Gasteiger partial charge in [0.1, 0.15) is 5.82 Å². The molecule has 2 unspecified atom stereocenters. The summed E-state index contributed by atoms with van der Waals surface area (Å²) in [6, 6.07) is 0.992. The topological polar surface area (TPSA) is 36.3 Å². The minimum Gasteiger partial charge on any atom is -0.335 e. The van der Waals surface area contributed by atoms with Crippen molar-refractivity contribution in [1.82, 2.24) is 24.7 Å². The molecule has 5 nitrogen and oxygen atoms in total. The molecule has 1 aliphatic heterocycles. The number of nitrogens with one attached hydrogen (secondary N) is 1. The second kappa shape index (κ2) is 7.20. The number of imidazole rings is 1. The molecular formula is C15H29N5. The van der Waals surface area contributed by atoms with E-state index in [2.05, 4.69) is 58.9 Å². The zero-order valence-electron chi connectivity index (χ0n) is 13.3. The van der Waals surface area contributed by atoms with E-state index < -0.39 is 0 Å². The minimum atomic E-state index is 0.445. The number of aryl methyl sites for hydroxylation is 1. The molecular weight excluding hydrogens is 250 g/mol. The van der Waals surface area contributed by atoms with Gasteiger partial charge >= 0.3 is 0 Å². The number of hydrogen-bond donors (Lipinski definition) is 1. The highest BCUT2D eigenvalue weighted by Crippen LogP contribution is 2.14. The van der Waals surface area contributed by atoms with E-state index in [-0.39, 0.29) is 0 Å². The second-order valence-corrected chi connectivity index (χ2v) is 5.95. The maximum absolute atomic E-state index is 4.55. The molecule has 0 saturated carbocycles. The normalized spacial score (nSPS) is 23.1. The van der Waals surface area contributed by atoms with Gasteiger partial charge in [0.25, 0.3) is 0 Å². The van der Waals surface area contributed by atoms with E-state index >= 15 is 0 Å². The van der Waals surface area contributed by atoms with Crippen LogP contribution in [0.15, 0.2) is 12.4 Å². The van der Waals surface area contributed by atoms with Crippen LogP contribution in [0.25, 0.3) is 0 Å². The molecule has 0 bridgehead atoms. The molecule has 1 fully saturated rings. The largest absolute Gasteiger partial charge is 0.335 e.